The maximum atomic E-state index is 12.4. The molecule has 1 aliphatic heterocycles. The summed E-state index contributed by atoms with van der Waals surface area (Å²) in [6.07, 6.45) is 2.26. The van der Waals surface area contributed by atoms with Crippen molar-refractivity contribution in [2.75, 3.05) is 18.8 Å². The van der Waals surface area contributed by atoms with E-state index < -0.39 is 18.1 Å². The largest absolute Gasteiger partial charge is 0.384 e. The zero-order chi connectivity index (χ0) is 20.1. The van der Waals surface area contributed by atoms with Gasteiger partial charge in [-0.3, -0.25) is 9.59 Å². The third-order valence-corrected chi connectivity index (χ3v) is 5.25. The zero-order valence-corrected chi connectivity index (χ0v) is 16.8. The van der Waals surface area contributed by atoms with Gasteiger partial charge in [-0.1, -0.05) is 11.6 Å². The number of aromatic nitrogens is 2. The van der Waals surface area contributed by atoms with Crippen molar-refractivity contribution >= 4 is 29.2 Å². The molecule has 0 saturated carbocycles. The Labute approximate surface area is 164 Å². The number of nitrogen functional groups attached to an aromatic ring is 1. The van der Waals surface area contributed by atoms with E-state index in [1.165, 1.54) is 6.92 Å². The van der Waals surface area contributed by atoms with Crippen LogP contribution >= 0.6 is 11.6 Å². The van der Waals surface area contributed by atoms with Crippen LogP contribution in [0.1, 0.15) is 44.5 Å². The van der Waals surface area contributed by atoms with Crippen LogP contribution in [0.2, 0.25) is 5.15 Å². The van der Waals surface area contributed by atoms with Gasteiger partial charge in [0.25, 0.3) is 0 Å². The summed E-state index contributed by atoms with van der Waals surface area (Å²) in [6, 6.07) is -0.646. The number of aliphatic hydroxyl groups excluding tert-OH is 1. The number of anilines is 1. The van der Waals surface area contributed by atoms with Gasteiger partial charge in [0.15, 0.2) is 0 Å². The molecule has 27 heavy (non-hydrogen) atoms. The third kappa shape index (κ3) is 5.77. The predicted octanol–water partition coefficient (Wildman–Crippen LogP) is 1.08. The van der Waals surface area contributed by atoms with Crippen molar-refractivity contribution in [2.45, 2.75) is 58.6 Å². The second-order valence-electron chi connectivity index (χ2n) is 7.14. The number of likely N-dealkylation sites (tertiary alicyclic amines) is 1. The van der Waals surface area contributed by atoms with Gasteiger partial charge in [-0.05, 0) is 52.4 Å². The molecule has 1 aliphatic rings. The van der Waals surface area contributed by atoms with E-state index in [0.29, 0.717) is 42.2 Å². The van der Waals surface area contributed by atoms with Crippen LogP contribution in [0.3, 0.4) is 0 Å². The van der Waals surface area contributed by atoms with Gasteiger partial charge < -0.3 is 21.1 Å². The summed E-state index contributed by atoms with van der Waals surface area (Å²) in [4.78, 5) is 34.1. The van der Waals surface area contributed by atoms with Crippen LogP contribution in [-0.4, -0.2) is 57.0 Å². The van der Waals surface area contributed by atoms with Crippen LogP contribution in [0.5, 0.6) is 0 Å². The molecule has 1 saturated heterocycles. The number of nitrogens with zero attached hydrogens (tertiary/aromatic N) is 3. The fraction of sp³-hybridized carbons (Fsp3) is 0.667. The van der Waals surface area contributed by atoms with E-state index in [1.54, 1.807) is 18.7 Å². The van der Waals surface area contributed by atoms with Gasteiger partial charge in [-0.25, -0.2) is 9.97 Å². The number of nitrogens with one attached hydrogen (secondary N) is 1. The molecule has 150 valence electrons. The first-order valence-corrected chi connectivity index (χ1v) is 9.62. The molecule has 2 rings (SSSR count). The molecule has 2 heterocycles. The smallest absolute Gasteiger partial charge is 0.249 e. The molecule has 1 unspecified atom stereocenters. The zero-order valence-electron chi connectivity index (χ0n) is 16.0. The maximum Gasteiger partial charge on any atom is 0.249 e. The topological polar surface area (TPSA) is 121 Å². The van der Waals surface area contributed by atoms with E-state index in [2.05, 4.69) is 15.3 Å². The Balaban J connectivity index is 1.82. The highest BCUT2D eigenvalue weighted by molar-refractivity contribution is 6.30. The van der Waals surface area contributed by atoms with Gasteiger partial charge in [0.05, 0.1) is 0 Å². The molecular formula is C18H28ClN5O3. The minimum absolute atomic E-state index is 0.123. The average molecular weight is 398 g/mol. The quantitative estimate of drug-likeness (QED) is 0.617. The van der Waals surface area contributed by atoms with Gasteiger partial charge in [0.1, 0.15) is 28.9 Å². The molecular weight excluding hydrogens is 370 g/mol. The van der Waals surface area contributed by atoms with Crippen LogP contribution in [-0.2, 0) is 16.0 Å². The number of nitrogens with two attached hydrogens (primary N) is 1. The first-order chi connectivity index (χ1) is 12.7. The van der Waals surface area contributed by atoms with Crippen LogP contribution in [0.25, 0.3) is 0 Å². The molecule has 0 bridgehead atoms. The monoisotopic (exact) mass is 397 g/mol. The molecule has 1 fully saturated rings. The Hall–Kier alpha value is -1.93. The van der Waals surface area contributed by atoms with Crippen LogP contribution in [0, 0.1) is 12.8 Å². The van der Waals surface area contributed by atoms with Crippen LogP contribution in [0.15, 0.2) is 0 Å². The standard InChI is InChI=1S/C18H28ClN5O3/c1-10(21-17(26)11(2)25)18(27)24-8-6-13(7-9-24)4-5-14-15(19)22-12(3)23-16(14)20/h10-11,13,25H,4-9H2,1-3H3,(H,21,26)(H2,20,22,23)/t10-,11?/m0/s1. The summed E-state index contributed by atoms with van der Waals surface area (Å²) < 4.78 is 0. The van der Waals surface area contributed by atoms with Crippen molar-refractivity contribution in [2.24, 2.45) is 5.92 Å². The minimum Gasteiger partial charge on any atom is -0.384 e. The van der Waals surface area contributed by atoms with Crippen molar-refractivity contribution in [3.8, 4) is 0 Å². The van der Waals surface area contributed by atoms with Gasteiger partial charge in [-0.15, -0.1) is 0 Å². The number of carbonyl (C=O) groups excluding carboxylic acids is 2. The minimum atomic E-state index is -1.13. The normalized spacial score (nSPS) is 17.4. The number of rotatable bonds is 6. The first-order valence-electron chi connectivity index (χ1n) is 9.24. The number of halogens is 1. The molecule has 0 aromatic carbocycles. The Kier molecular flexibility index (Phi) is 7.38. The van der Waals surface area contributed by atoms with Crippen molar-refractivity contribution in [3.05, 3.63) is 16.5 Å². The fourth-order valence-electron chi connectivity index (χ4n) is 3.27. The second kappa shape index (κ2) is 9.32. The van der Waals surface area contributed by atoms with Crippen LogP contribution < -0.4 is 11.1 Å². The molecule has 0 spiro atoms. The summed E-state index contributed by atoms with van der Waals surface area (Å²) in [5, 5.41) is 12.2. The van der Waals surface area contributed by atoms with Crippen molar-refractivity contribution in [3.63, 3.8) is 0 Å². The Morgan fingerprint density at radius 2 is 1.96 bits per heavy atom. The molecule has 4 N–H and O–H groups in total. The van der Waals surface area contributed by atoms with Crippen molar-refractivity contribution in [1.82, 2.24) is 20.2 Å². The highest BCUT2D eigenvalue weighted by Gasteiger charge is 2.27. The third-order valence-electron chi connectivity index (χ3n) is 4.94. The van der Waals surface area contributed by atoms with E-state index >= 15 is 0 Å². The molecule has 8 nitrogen and oxygen atoms in total. The number of piperidine rings is 1. The Morgan fingerprint density at radius 3 is 2.52 bits per heavy atom. The first kappa shape index (κ1) is 21.4. The van der Waals surface area contributed by atoms with Gasteiger partial charge >= 0.3 is 0 Å². The highest BCUT2D eigenvalue weighted by atomic mass is 35.5. The number of aryl methyl sites for hydroxylation is 1. The number of carbonyl (C=O) groups is 2. The lowest BCUT2D eigenvalue weighted by Gasteiger charge is -2.34. The van der Waals surface area contributed by atoms with E-state index in [4.69, 9.17) is 17.3 Å². The van der Waals surface area contributed by atoms with Crippen LogP contribution in [0.4, 0.5) is 5.82 Å². The second-order valence-corrected chi connectivity index (χ2v) is 7.50. The lowest BCUT2D eigenvalue weighted by molar-refractivity contribution is -0.139. The SMILES string of the molecule is Cc1nc(N)c(CCC2CCN(C(=O)[C@H](C)NC(=O)C(C)O)CC2)c(Cl)n1. The summed E-state index contributed by atoms with van der Waals surface area (Å²) in [5.41, 5.74) is 6.74. The molecule has 1 aromatic rings. The lowest BCUT2D eigenvalue weighted by atomic mass is 9.90. The molecule has 0 radical (unpaired) electrons. The van der Waals surface area contributed by atoms with Gasteiger partial charge in [0, 0.05) is 18.7 Å². The Bertz CT molecular complexity index is 667. The number of hydrogen-bond donors (Lipinski definition) is 3. The molecule has 9 heteroatoms. The van der Waals surface area contributed by atoms with Crippen molar-refractivity contribution in [1.29, 1.82) is 0 Å². The predicted molar refractivity (Wildman–Crippen MR) is 103 cm³/mol. The number of aliphatic hydroxyl groups is 1. The van der Waals surface area contributed by atoms with Crippen molar-refractivity contribution < 1.29 is 14.7 Å². The summed E-state index contributed by atoms with van der Waals surface area (Å²) >= 11 is 6.18. The fourth-order valence-corrected chi connectivity index (χ4v) is 3.59. The molecule has 1 aromatic heterocycles. The summed E-state index contributed by atoms with van der Waals surface area (Å²) in [5.74, 6) is 0.794. The van der Waals surface area contributed by atoms with E-state index in [-0.39, 0.29) is 5.91 Å². The average Bonchev–Trinajstić information content (AvgIpc) is 2.60. The van der Waals surface area contributed by atoms with E-state index in [0.717, 1.165) is 24.8 Å². The van der Waals surface area contributed by atoms with E-state index in [1.807, 2.05) is 0 Å². The molecule has 0 aliphatic carbocycles. The van der Waals surface area contributed by atoms with Gasteiger partial charge in [-0.2, -0.15) is 0 Å². The number of amides is 2. The Morgan fingerprint density at radius 1 is 1.33 bits per heavy atom. The molecule has 2 atom stereocenters. The highest BCUT2D eigenvalue weighted by Crippen LogP contribution is 2.26. The summed E-state index contributed by atoms with van der Waals surface area (Å²) in [6.45, 7) is 6.05. The van der Waals surface area contributed by atoms with E-state index in [9.17, 15) is 14.7 Å². The maximum absolute atomic E-state index is 12.4. The lowest BCUT2D eigenvalue weighted by Crippen LogP contribution is -2.51. The van der Waals surface area contributed by atoms with Gasteiger partial charge in [0.2, 0.25) is 11.8 Å². The number of hydrogen-bond acceptors (Lipinski definition) is 6. The molecule has 2 amide bonds. The summed E-state index contributed by atoms with van der Waals surface area (Å²) in [7, 11) is 0.